The molecule has 1 aromatic rings. The van der Waals surface area contributed by atoms with Gasteiger partial charge in [-0.3, -0.25) is 0 Å². The summed E-state index contributed by atoms with van der Waals surface area (Å²) >= 11 is 3.84. The van der Waals surface area contributed by atoms with Gasteiger partial charge in [0.1, 0.15) is 0 Å². The fourth-order valence-corrected chi connectivity index (χ4v) is 3.63. The normalized spacial score (nSPS) is 21.4. The molecule has 0 amide bonds. The van der Waals surface area contributed by atoms with Crippen molar-refractivity contribution in [2.75, 3.05) is 23.4 Å². The van der Waals surface area contributed by atoms with E-state index in [4.69, 9.17) is 0 Å². The van der Waals surface area contributed by atoms with E-state index in [9.17, 15) is 0 Å². The number of nitrogens with zero attached hydrogens (tertiary/aromatic N) is 1. The van der Waals surface area contributed by atoms with E-state index in [1.807, 2.05) is 0 Å². The summed E-state index contributed by atoms with van der Waals surface area (Å²) in [5, 5.41) is 4.54. The van der Waals surface area contributed by atoms with Gasteiger partial charge in [0.2, 0.25) is 0 Å². The summed E-state index contributed by atoms with van der Waals surface area (Å²) in [6.45, 7) is 5.30. The standard InChI is InChI=1S/C10H16N2S2/c1-7-8(2)14-10(12-7)11-5-9-3-4-13-6-9/h9H,3-6H2,1-2H3,(H,11,12). The van der Waals surface area contributed by atoms with E-state index in [0.717, 1.165) is 17.6 Å². The smallest absolute Gasteiger partial charge is 0.183 e. The molecule has 0 bridgehead atoms. The highest BCUT2D eigenvalue weighted by molar-refractivity contribution is 7.99. The Labute approximate surface area is 93.5 Å². The second kappa shape index (κ2) is 4.53. The first kappa shape index (κ1) is 10.3. The van der Waals surface area contributed by atoms with Gasteiger partial charge >= 0.3 is 0 Å². The van der Waals surface area contributed by atoms with Gasteiger partial charge in [-0.05, 0) is 37.7 Å². The Morgan fingerprint density at radius 1 is 1.50 bits per heavy atom. The van der Waals surface area contributed by atoms with Crippen LogP contribution in [0.4, 0.5) is 5.13 Å². The third kappa shape index (κ3) is 2.42. The summed E-state index contributed by atoms with van der Waals surface area (Å²) < 4.78 is 0. The second-order valence-corrected chi connectivity index (χ2v) is 6.12. The molecule has 1 aromatic heterocycles. The van der Waals surface area contributed by atoms with E-state index in [1.54, 1.807) is 11.3 Å². The van der Waals surface area contributed by atoms with Gasteiger partial charge in [0.25, 0.3) is 0 Å². The molecule has 1 atom stereocenters. The first-order valence-electron chi connectivity index (χ1n) is 5.01. The predicted molar refractivity (Wildman–Crippen MR) is 65.5 cm³/mol. The number of hydrogen-bond acceptors (Lipinski definition) is 4. The lowest BCUT2D eigenvalue weighted by atomic mass is 10.1. The first-order valence-corrected chi connectivity index (χ1v) is 6.98. The van der Waals surface area contributed by atoms with E-state index in [2.05, 4.69) is 35.9 Å². The molecule has 1 aliphatic heterocycles. The molecule has 2 nitrogen and oxygen atoms in total. The number of hydrogen-bond donors (Lipinski definition) is 1. The molecule has 0 spiro atoms. The lowest BCUT2D eigenvalue weighted by Gasteiger charge is -2.07. The molecule has 0 aliphatic carbocycles. The van der Waals surface area contributed by atoms with Crippen LogP contribution in [0.25, 0.3) is 0 Å². The van der Waals surface area contributed by atoms with E-state index < -0.39 is 0 Å². The molecule has 0 aromatic carbocycles. The van der Waals surface area contributed by atoms with Crippen LogP contribution in [0.15, 0.2) is 0 Å². The average molecular weight is 228 g/mol. The minimum Gasteiger partial charge on any atom is -0.361 e. The van der Waals surface area contributed by atoms with Crippen molar-refractivity contribution in [2.24, 2.45) is 5.92 Å². The first-order chi connectivity index (χ1) is 6.75. The third-order valence-corrected chi connectivity index (χ3v) is 4.86. The third-order valence-electron chi connectivity index (χ3n) is 2.59. The molecule has 0 saturated carbocycles. The molecule has 1 aliphatic rings. The van der Waals surface area contributed by atoms with Crippen LogP contribution >= 0.6 is 23.1 Å². The topological polar surface area (TPSA) is 24.9 Å². The summed E-state index contributed by atoms with van der Waals surface area (Å²) in [6, 6.07) is 0. The van der Waals surface area contributed by atoms with E-state index >= 15 is 0 Å². The Kier molecular flexibility index (Phi) is 3.34. The van der Waals surface area contributed by atoms with Gasteiger partial charge in [0, 0.05) is 11.4 Å². The van der Waals surface area contributed by atoms with Crippen LogP contribution in [0.2, 0.25) is 0 Å². The fourth-order valence-electron chi connectivity index (χ4n) is 1.52. The number of thioether (sulfide) groups is 1. The van der Waals surface area contributed by atoms with Crippen LogP contribution in [0, 0.1) is 19.8 Å². The number of aromatic nitrogens is 1. The Bertz CT molecular complexity index is 284. The van der Waals surface area contributed by atoms with Gasteiger partial charge in [-0.15, -0.1) is 11.3 Å². The fraction of sp³-hybridized carbons (Fsp3) is 0.700. The highest BCUT2D eigenvalue weighted by Gasteiger charge is 2.15. The Morgan fingerprint density at radius 3 is 2.93 bits per heavy atom. The molecule has 1 unspecified atom stereocenters. The van der Waals surface area contributed by atoms with Crippen molar-refractivity contribution in [3.8, 4) is 0 Å². The lowest BCUT2D eigenvalue weighted by Crippen LogP contribution is -2.13. The van der Waals surface area contributed by atoms with Gasteiger partial charge in [-0.25, -0.2) is 4.98 Å². The molecule has 2 rings (SSSR count). The van der Waals surface area contributed by atoms with Crippen molar-refractivity contribution in [1.82, 2.24) is 4.98 Å². The van der Waals surface area contributed by atoms with Crippen molar-refractivity contribution in [1.29, 1.82) is 0 Å². The van der Waals surface area contributed by atoms with Crippen LogP contribution in [0.3, 0.4) is 0 Å². The lowest BCUT2D eigenvalue weighted by molar-refractivity contribution is 0.631. The highest BCUT2D eigenvalue weighted by Crippen LogP contribution is 2.25. The molecule has 1 saturated heterocycles. The maximum atomic E-state index is 4.47. The maximum Gasteiger partial charge on any atom is 0.183 e. The molecule has 1 N–H and O–H groups in total. The van der Waals surface area contributed by atoms with Crippen LogP contribution < -0.4 is 5.32 Å². The molecule has 4 heteroatoms. The molecule has 14 heavy (non-hydrogen) atoms. The van der Waals surface area contributed by atoms with E-state index in [-0.39, 0.29) is 0 Å². The van der Waals surface area contributed by atoms with Crippen LogP contribution in [0.5, 0.6) is 0 Å². The summed E-state index contributed by atoms with van der Waals surface area (Å²) in [6.07, 6.45) is 1.36. The number of aryl methyl sites for hydroxylation is 2. The Morgan fingerprint density at radius 2 is 2.36 bits per heavy atom. The van der Waals surface area contributed by atoms with Gasteiger partial charge in [-0.2, -0.15) is 11.8 Å². The minimum absolute atomic E-state index is 0.851. The largest absolute Gasteiger partial charge is 0.361 e. The number of rotatable bonds is 3. The molecular formula is C10H16N2S2. The van der Waals surface area contributed by atoms with Gasteiger partial charge in [0.05, 0.1) is 5.69 Å². The summed E-state index contributed by atoms with van der Waals surface area (Å²) in [7, 11) is 0. The Balaban J connectivity index is 1.85. The van der Waals surface area contributed by atoms with Gasteiger partial charge in [0.15, 0.2) is 5.13 Å². The molecule has 0 radical (unpaired) electrons. The zero-order valence-corrected chi connectivity index (χ0v) is 10.3. The van der Waals surface area contributed by atoms with Crippen LogP contribution in [-0.4, -0.2) is 23.0 Å². The SMILES string of the molecule is Cc1nc(NCC2CCSC2)sc1C. The van der Waals surface area contributed by atoms with Crippen LogP contribution in [-0.2, 0) is 0 Å². The van der Waals surface area contributed by atoms with Gasteiger partial charge < -0.3 is 5.32 Å². The second-order valence-electron chi connectivity index (χ2n) is 3.77. The predicted octanol–water partition coefficient (Wildman–Crippen LogP) is 2.92. The zero-order chi connectivity index (χ0) is 9.97. The van der Waals surface area contributed by atoms with Crippen molar-refractivity contribution in [3.63, 3.8) is 0 Å². The highest BCUT2D eigenvalue weighted by atomic mass is 32.2. The molecular weight excluding hydrogens is 212 g/mol. The van der Waals surface area contributed by atoms with Crippen molar-refractivity contribution < 1.29 is 0 Å². The number of nitrogens with one attached hydrogen (secondary N) is 1. The zero-order valence-electron chi connectivity index (χ0n) is 8.67. The molecule has 1 fully saturated rings. The minimum atomic E-state index is 0.851. The van der Waals surface area contributed by atoms with Crippen molar-refractivity contribution in [3.05, 3.63) is 10.6 Å². The molecule has 2 heterocycles. The number of anilines is 1. The van der Waals surface area contributed by atoms with E-state index in [0.29, 0.717) is 0 Å². The summed E-state index contributed by atoms with van der Waals surface area (Å²) in [5.41, 5.74) is 1.17. The maximum absolute atomic E-state index is 4.47. The molecule has 78 valence electrons. The van der Waals surface area contributed by atoms with Crippen molar-refractivity contribution in [2.45, 2.75) is 20.3 Å². The van der Waals surface area contributed by atoms with Crippen LogP contribution in [0.1, 0.15) is 17.0 Å². The van der Waals surface area contributed by atoms with E-state index in [1.165, 1.54) is 28.5 Å². The Hall–Kier alpha value is -0.220. The monoisotopic (exact) mass is 228 g/mol. The summed E-state index contributed by atoms with van der Waals surface area (Å²) in [5.74, 6) is 3.50. The summed E-state index contributed by atoms with van der Waals surface area (Å²) in [4.78, 5) is 5.80. The average Bonchev–Trinajstić information content (AvgIpc) is 2.74. The van der Waals surface area contributed by atoms with Crippen molar-refractivity contribution >= 4 is 28.2 Å². The quantitative estimate of drug-likeness (QED) is 0.861. The number of thiazole rings is 1. The van der Waals surface area contributed by atoms with Gasteiger partial charge in [-0.1, -0.05) is 0 Å².